The highest BCUT2D eigenvalue weighted by atomic mass is 35.5. The van der Waals surface area contributed by atoms with Crippen molar-refractivity contribution >= 4 is 29.0 Å². The van der Waals surface area contributed by atoms with Gasteiger partial charge < -0.3 is 0 Å². The number of unbranched alkanes of at least 4 members (excludes halogenated alkanes) is 7. The molecule has 0 fully saturated rings. The highest BCUT2D eigenvalue weighted by Crippen LogP contribution is 2.23. The third-order valence-electron chi connectivity index (χ3n) is 3.49. The minimum Gasteiger partial charge on any atom is -0.294 e. The molecule has 1 rings (SSSR count). The van der Waals surface area contributed by atoms with Gasteiger partial charge in [-0.1, -0.05) is 75.1 Å². The van der Waals surface area contributed by atoms with Gasteiger partial charge in [0.05, 0.1) is 5.02 Å². The molecular formula is C17H24Cl2O. The van der Waals surface area contributed by atoms with Gasteiger partial charge in [0, 0.05) is 17.0 Å². The lowest BCUT2D eigenvalue weighted by Crippen LogP contribution is -1.99. The number of hydrogen-bond donors (Lipinski definition) is 0. The summed E-state index contributed by atoms with van der Waals surface area (Å²) in [6, 6.07) is 5.07. The van der Waals surface area contributed by atoms with Gasteiger partial charge in [-0.15, -0.1) is 0 Å². The van der Waals surface area contributed by atoms with Gasteiger partial charge in [0.15, 0.2) is 5.78 Å². The van der Waals surface area contributed by atoms with Gasteiger partial charge in [-0.2, -0.15) is 0 Å². The van der Waals surface area contributed by atoms with Gasteiger partial charge in [-0.3, -0.25) is 4.79 Å². The van der Waals surface area contributed by atoms with E-state index in [1.807, 2.05) is 0 Å². The maximum atomic E-state index is 12.0. The zero-order valence-electron chi connectivity index (χ0n) is 12.3. The highest BCUT2D eigenvalue weighted by Gasteiger charge is 2.10. The summed E-state index contributed by atoms with van der Waals surface area (Å²) in [7, 11) is 0. The fourth-order valence-electron chi connectivity index (χ4n) is 2.27. The second-order valence-electron chi connectivity index (χ2n) is 5.27. The maximum Gasteiger partial charge on any atom is 0.164 e. The summed E-state index contributed by atoms with van der Waals surface area (Å²) in [6.45, 7) is 2.23. The Bertz CT molecular complexity index is 415. The fourth-order valence-corrected chi connectivity index (χ4v) is 2.78. The molecule has 0 aromatic heterocycles. The van der Waals surface area contributed by atoms with Crippen LogP contribution in [-0.2, 0) is 0 Å². The van der Waals surface area contributed by atoms with Crippen LogP contribution in [0.25, 0.3) is 0 Å². The number of halogens is 2. The average Bonchev–Trinajstić information content (AvgIpc) is 2.41. The van der Waals surface area contributed by atoms with E-state index < -0.39 is 0 Å². The van der Waals surface area contributed by atoms with Crippen LogP contribution in [0.5, 0.6) is 0 Å². The number of carbonyl (C=O) groups is 1. The molecule has 0 aliphatic carbocycles. The summed E-state index contributed by atoms with van der Waals surface area (Å²) in [6.07, 6.45) is 10.5. The van der Waals surface area contributed by atoms with E-state index in [1.165, 1.54) is 38.5 Å². The van der Waals surface area contributed by atoms with Crippen LogP contribution in [0.15, 0.2) is 18.2 Å². The van der Waals surface area contributed by atoms with Crippen molar-refractivity contribution in [3.8, 4) is 0 Å². The van der Waals surface area contributed by atoms with Crippen LogP contribution in [0.3, 0.4) is 0 Å². The van der Waals surface area contributed by atoms with Crippen molar-refractivity contribution in [3.63, 3.8) is 0 Å². The molecule has 1 nitrogen and oxygen atoms in total. The number of ketones is 1. The van der Waals surface area contributed by atoms with Crippen LogP contribution in [0.4, 0.5) is 0 Å². The molecule has 20 heavy (non-hydrogen) atoms. The van der Waals surface area contributed by atoms with Crippen molar-refractivity contribution in [2.75, 3.05) is 0 Å². The molecule has 0 spiro atoms. The quantitative estimate of drug-likeness (QED) is 0.346. The second kappa shape index (κ2) is 10.2. The van der Waals surface area contributed by atoms with Crippen LogP contribution < -0.4 is 0 Å². The van der Waals surface area contributed by atoms with Crippen molar-refractivity contribution in [1.29, 1.82) is 0 Å². The Balaban J connectivity index is 2.17. The number of carbonyl (C=O) groups excluding carboxylic acids is 1. The van der Waals surface area contributed by atoms with Crippen LogP contribution in [-0.4, -0.2) is 5.78 Å². The molecule has 0 radical (unpaired) electrons. The monoisotopic (exact) mass is 314 g/mol. The van der Waals surface area contributed by atoms with Gasteiger partial charge in [0.2, 0.25) is 0 Å². The molecule has 1 aromatic carbocycles. The van der Waals surface area contributed by atoms with Crippen molar-refractivity contribution < 1.29 is 4.79 Å². The van der Waals surface area contributed by atoms with E-state index in [0.29, 0.717) is 22.0 Å². The Morgan fingerprint density at radius 1 is 0.950 bits per heavy atom. The standard InChI is InChI=1S/C17H24Cl2O/c1-2-3-4-5-6-7-8-9-10-17(20)15-12-11-14(18)13-16(15)19/h11-13H,2-10H2,1H3. The highest BCUT2D eigenvalue weighted by molar-refractivity contribution is 6.36. The summed E-state index contributed by atoms with van der Waals surface area (Å²) in [4.78, 5) is 12.0. The molecule has 112 valence electrons. The number of Topliss-reactive ketones (excluding diaryl/α,β-unsaturated/α-hetero) is 1. The van der Waals surface area contributed by atoms with Gasteiger partial charge in [0.25, 0.3) is 0 Å². The molecule has 0 aliphatic heterocycles. The molecule has 0 N–H and O–H groups in total. The third kappa shape index (κ3) is 6.76. The van der Waals surface area contributed by atoms with Gasteiger partial charge in [-0.25, -0.2) is 0 Å². The summed E-state index contributed by atoms with van der Waals surface area (Å²) in [5.74, 6) is 0.123. The second-order valence-corrected chi connectivity index (χ2v) is 6.12. The van der Waals surface area contributed by atoms with Crippen molar-refractivity contribution in [2.24, 2.45) is 0 Å². The number of benzene rings is 1. The molecule has 0 heterocycles. The van der Waals surface area contributed by atoms with Gasteiger partial charge >= 0.3 is 0 Å². The Hall–Kier alpha value is -0.530. The number of hydrogen-bond acceptors (Lipinski definition) is 1. The van der Waals surface area contributed by atoms with Crippen LogP contribution in [0.2, 0.25) is 10.0 Å². The van der Waals surface area contributed by atoms with E-state index in [4.69, 9.17) is 23.2 Å². The summed E-state index contributed by atoms with van der Waals surface area (Å²) >= 11 is 11.9. The Kier molecular flexibility index (Phi) is 8.97. The van der Waals surface area contributed by atoms with Crippen LogP contribution in [0.1, 0.15) is 75.1 Å². The largest absolute Gasteiger partial charge is 0.294 e. The van der Waals surface area contributed by atoms with Crippen molar-refractivity contribution in [1.82, 2.24) is 0 Å². The van der Waals surface area contributed by atoms with Crippen molar-refractivity contribution in [2.45, 2.75) is 64.7 Å². The third-order valence-corrected chi connectivity index (χ3v) is 4.04. The molecule has 0 atom stereocenters. The molecule has 0 amide bonds. The summed E-state index contributed by atoms with van der Waals surface area (Å²) in [5, 5.41) is 1.03. The van der Waals surface area contributed by atoms with E-state index >= 15 is 0 Å². The normalized spacial score (nSPS) is 10.8. The maximum absolute atomic E-state index is 12.0. The predicted octanol–water partition coefficient (Wildman–Crippen LogP) is 6.71. The molecule has 0 saturated carbocycles. The first-order valence-electron chi connectivity index (χ1n) is 7.63. The van der Waals surface area contributed by atoms with Crippen LogP contribution >= 0.6 is 23.2 Å². The smallest absolute Gasteiger partial charge is 0.164 e. The topological polar surface area (TPSA) is 17.1 Å². The fraction of sp³-hybridized carbons (Fsp3) is 0.588. The SMILES string of the molecule is CCCCCCCCCCC(=O)c1ccc(Cl)cc1Cl. The first kappa shape index (κ1) is 17.5. The Morgan fingerprint density at radius 3 is 2.15 bits per heavy atom. The molecule has 0 bridgehead atoms. The lowest BCUT2D eigenvalue weighted by atomic mass is 10.0. The minimum atomic E-state index is 0.123. The Labute approximate surface area is 132 Å². The lowest BCUT2D eigenvalue weighted by molar-refractivity contribution is 0.0979. The predicted molar refractivity (Wildman–Crippen MR) is 88.0 cm³/mol. The number of rotatable bonds is 10. The van der Waals surface area contributed by atoms with E-state index in [-0.39, 0.29) is 5.78 Å². The zero-order chi connectivity index (χ0) is 14.8. The molecule has 3 heteroatoms. The zero-order valence-corrected chi connectivity index (χ0v) is 13.8. The minimum absolute atomic E-state index is 0.123. The van der Waals surface area contributed by atoms with E-state index in [9.17, 15) is 4.79 Å². The molecule has 1 aromatic rings. The average molecular weight is 315 g/mol. The molecule has 0 unspecified atom stereocenters. The summed E-state index contributed by atoms with van der Waals surface area (Å²) in [5.41, 5.74) is 0.596. The van der Waals surface area contributed by atoms with Crippen molar-refractivity contribution in [3.05, 3.63) is 33.8 Å². The lowest BCUT2D eigenvalue weighted by Gasteiger charge is -2.04. The van der Waals surface area contributed by atoms with E-state index in [2.05, 4.69) is 6.92 Å². The van der Waals surface area contributed by atoms with E-state index in [1.54, 1.807) is 18.2 Å². The summed E-state index contributed by atoms with van der Waals surface area (Å²) < 4.78 is 0. The van der Waals surface area contributed by atoms with Gasteiger partial charge in [-0.05, 0) is 24.6 Å². The first-order chi connectivity index (χ1) is 9.65. The Morgan fingerprint density at radius 2 is 1.55 bits per heavy atom. The van der Waals surface area contributed by atoms with Gasteiger partial charge in [0.1, 0.15) is 0 Å². The van der Waals surface area contributed by atoms with E-state index in [0.717, 1.165) is 12.8 Å². The van der Waals surface area contributed by atoms with Crippen LogP contribution in [0, 0.1) is 0 Å². The first-order valence-corrected chi connectivity index (χ1v) is 8.39. The molecular weight excluding hydrogens is 291 g/mol. The molecule has 0 saturated heterocycles. The molecule has 0 aliphatic rings.